The fourth-order valence-electron chi connectivity index (χ4n) is 1.84. The fraction of sp³-hybridized carbons (Fsp3) is 0.250. The summed E-state index contributed by atoms with van der Waals surface area (Å²) in [6.07, 6.45) is 0. The highest BCUT2D eigenvalue weighted by molar-refractivity contribution is 7.99. The predicted octanol–water partition coefficient (Wildman–Crippen LogP) is 1.62. The van der Waals surface area contributed by atoms with Crippen LogP contribution in [0.1, 0.15) is 16.1 Å². The first kappa shape index (κ1) is 11.3. The van der Waals surface area contributed by atoms with Gasteiger partial charge in [-0.15, -0.1) is 16.9 Å². The van der Waals surface area contributed by atoms with Crippen LogP contribution in [0.3, 0.4) is 0 Å². The standard InChI is InChI=1S/C12H11N3O2S/c1-17-9-4-2-8(3-5-9)11(16)10-12-15(14-13-10)6-7-18-12/h2-5H,6-7H2,1H3. The van der Waals surface area contributed by atoms with Gasteiger partial charge in [-0.25, -0.2) is 4.68 Å². The van der Waals surface area contributed by atoms with Gasteiger partial charge in [0, 0.05) is 11.3 Å². The summed E-state index contributed by atoms with van der Waals surface area (Å²) in [6, 6.07) is 7.02. The lowest BCUT2D eigenvalue weighted by Gasteiger charge is -2.01. The molecule has 0 N–H and O–H groups in total. The van der Waals surface area contributed by atoms with Gasteiger partial charge in [-0.3, -0.25) is 4.79 Å². The summed E-state index contributed by atoms with van der Waals surface area (Å²) in [6.45, 7) is 0.822. The van der Waals surface area contributed by atoms with Crippen molar-refractivity contribution in [1.29, 1.82) is 0 Å². The molecule has 0 radical (unpaired) electrons. The Hall–Kier alpha value is -1.82. The quantitative estimate of drug-likeness (QED) is 0.786. The number of fused-ring (bicyclic) bond motifs is 1. The lowest BCUT2D eigenvalue weighted by Crippen LogP contribution is -2.03. The van der Waals surface area contributed by atoms with Crippen LogP contribution in [0.25, 0.3) is 0 Å². The van der Waals surface area contributed by atoms with Gasteiger partial charge >= 0.3 is 0 Å². The summed E-state index contributed by atoms with van der Waals surface area (Å²) in [5.74, 6) is 1.59. The molecule has 6 heteroatoms. The van der Waals surface area contributed by atoms with Gasteiger partial charge in [0.15, 0.2) is 5.69 Å². The second-order valence-electron chi connectivity index (χ2n) is 3.87. The number of aryl methyl sites for hydroxylation is 1. The average Bonchev–Trinajstić information content (AvgIpc) is 3.00. The van der Waals surface area contributed by atoms with E-state index in [9.17, 15) is 4.79 Å². The van der Waals surface area contributed by atoms with Gasteiger partial charge in [-0.1, -0.05) is 5.21 Å². The molecule has 0 fully saturated rings. The van der Waals surface area contributed by atoms with Crippen LogP contribution in [0.5, 0.6) is 5.75 Å². The zero-order valence-electron chi connectivity index (χ0n) is 9.79. The van der Waals surface area contributed by atoms with Crippen molar-refractivity contribution >= 4 is 17.5 Å². The monoisotopic (exact) mass is 261 g/mol. The van der Waals surface area contributed by atoms with Crippen LogP contribution in [0.15, 0.2) is 29.3 Å². The highest BCUT2D eigenvalue weighted by Gasteiger charge is 2.24. The Morgan fingerprint density at radius 1 is 1.39 bits per heavy atom. The smallest absolute Gasteiger partial charge is 0.216 e. The number of benzene rings is 1. The van der Waals surface area contributed by atoms with Crippen molar-refractivity contribution in [2.24, 2.45) is 0 Å². The summed E-state index contributed by atoms with van der Waals surface area (Å²) < 4.78 is 6.85. The molecule has 92 valence electrons. The maximum atomic E-state index is 12.3. The largest absolute Gasteiger partial charge is 0.497 e. The maximum absolute atomic E-state index is 12.3. The number of ketones is 1. The first-order valence-corrected chi connectivity index (χ1v) is 6.53. The number of methoxy groups -OCH3 is 1. The summed E-state index contributed by atoms with van der Waals surface area (Å²) in [5, 5.41) is 8.82. The van der Waals surface area contributed by atoms with Crippen molar-refractivity contribution in [1.82, 2.24) is 15.0 Å². The van der Waals surface area contributed by atoms with E-state index in [0.29, 0.717) is 11.3 Å². The molecule has 1 aromatic heterocycles. The second-order valence-corrected chi connectivity index (χ2v) is 4.96. The predicted molar refractivity (Wildman–Crippen MR) is 67.2 cm³/mol. The third kappa shape index (κ3) is 1.78. The molecule has 18 heavy (non-hydrogen) atoms. The molecule has 3 rings (SSSR count). The number of hydrogen-bond donors (Lipinski definition) is 0. The number of ether oxygens (including phenoxy) is 1. The van der Waals surface area contributed by atoms with Crippen molar-refractivity contribution in [2.75, 3.05) is 12.9 Å². The third-order valence-corrected chi connectivity index (χ3v) is 3.86. The SMILES string of the molecule is COc1ccc(C(=O)c2nnn3c2SCC3)cc1. The molecular formula is C12H11N3O2S. The number of carbonyl (C=O) groups is 1. The number of thioether (sulfide) groups is 1. The van der Waals surface area contributed by atoms with Gasteiger partial charge in [0.05, 0.1) is 13.7 Å². The molecule has 0 aliphatic carbocycles. The molecule has 2 heterocycles. The van der Waals surface area contributed by atoms with Crippen LogP contribution in [0.4, 0.5) is 0 Å². The van der Waals surface area contributed by atoms with Crippen LogP contribution in [0.2, 0.25) is 0 Å². The van der Waals surface area contributed by atoms with E-state index in [1.165, 1.54) is 0 Å². The highest BCUT2D eigenvalue weighted by atomic mass is 32.2. The number of rotatable bonds is 3. The lowest BCUT2D eigenvalue weighted by molar-refractivity contribution is 0.103. The maximum Gasteiger partial charge on any atom is 0.216 e. The minimum Gasteiger partial charge on any atom is -0.497 e. The Morgan fingerprint density at radius 3 is 2.89 bits per heavy atom. The van der Waals surface area contributed by atoms with Crippen LogP contribution >= 0.6 is 11.8 Å². The number of hydrogen-bond acceptors (Lipinski definition) is 5. The van der Waals surface area contributed by atoms with Crippen molar-refractivity contribution in [3.05, 3.63) is 35.5 Å². The summed E-state index contributed by atoms with van der Waals surface area (Å²) in [5.41, 5.74) is 1.05. The molecule has 1 aliphatic rings. The Labute approximate surface area is 108 Å². The summed E-state index contributed by atoms with van der Waals surface area (Å²) in [7, 11) is 1.60. The zero-order chi connectivity index (χ0) is 12.5. The van der Waals surface area contributed by atoms with Gasteiger partial charge in [-0.05, 0) is 24.3 Å². The molecule has 0 amide bonds. The lowest BCUT2D eigenvalue weighted by atomic mass is 10.1. The molecule has 0 spiro atoms. The Kier molecular flexibility index (Phi) is 2.79. The molecule has 0 atom stereocenters. The van der Waals surface area contributed by atoms with Gasteiger partial charge in [0.2, 0.25) is 5.78 Å². The topological polar surface area (TPSA) is 57.0 Å². The van der Waals surface area contributed by atoms with Gasteiger partial charge in [0.25, 0.3) is 0 Å². The van der Waals surface area contributed by atoms with E-state index in [1.807, 2.05) is 0 Å². The highest BCUT2D eigenvalue weighted by Crippen LogP contribution is 2.28. The first-order valence-electron chi connectivity index (χ1n) is 5.54. The number of aromatic nitrogens is 3. The molecule has 1 aromatic carbocycles. The Morgan fingerprint density at radius 2 is 2.17 bits per heavy atom. The fourth-order valence-corrected chi connectivity index (χ4v) is 2.85. The van der Waals surface area contributed by atoms with Crippen molar-refractivity contribution in [3.63, 3.8) is 0 Å². The molecule has 0 unspecified atom stereocenters. The summed E-state index contributed by atoms with van der Waals surface area (Å²) >= 11 is 1.62. The molecule has 1 aliphatic heterocycles. The minimum atomic E-state index is -0.0895. The van der Waals surface area contributed by atoms with Crippen LogP contribution < -0.4 is 4.74 Å². The average molecular weight is 261 g/mol. The van der Waals surface area contributed by atoms with Crippen LogP contribution in [0, 0.1) is 0 Å². The first-order chi connectivity index (χ1) is 8.79. The van der Waals surface area contributed by atoms with Gasteiger partial charge in [0.1, 0.15) is 10.8 Å². The Balaban J connectivity index is 1.93. The van der Waals surface area contributed by atoms with Crippen LogP contribution in [-0.2, 0) is 6.54 Å². The Bertz CT molecular complexity index is 592. The van der Waals surface area contributed by atoms with Crippen molar-refractivity contribution < 1.29 is 9.53 Å². The minimum absolute atomic E-state index is 0.0895. The molecule has 2 aromatic rings. The summed E-state index contributed by atoms with van der Waals surface area (Å²) in [4.78, 5) is 12.3. The van der Waals surface area contributed by atoms with E-state index in [-0.39, 0.29) is 5.78 Å². The number of carbonyl (C=O) groups excluding carboxylic acids is 1. The van der Waals surface area contributed by atoms with E-state index < -0.39 is 0 Å². The van der Waals surface area contributed by atoms with Crippen molar-refractivity contribution in [3.8, 4) is 5.75 Å². The van der Waals surface area contributed by atoms with E-state index >= 15 is 0 Å². The zero-order valence-corrected chi connectivity index (χ0v) is 10.6. The van der Waals surface area contributed by atoms with E-state index in [0.717, 1.165) is 23.1 Å². The van der Waals surface area contributed by atoms with E-state index in [4.69, 9.17) is 4.74 Å². The molecular weight excluding hydrogens is 250 g/mol. The van der Waals surface area contributed by atoms with Gasteiger partial charge < -0.3 is 4.74 Å². The van der Waals surface area contributed by atoms with E-state index in [1.54, 1.807) is 47.8 Å². The normalized spacial score (nSPS) is 13.4. The molecule has 0 saturated heterocycles. The second kappa shape index (κ2) is 4.45. The molecule has 0 saturated carbocycles. The van der Waals surface area contributed by atoms with Crippen molar-refractivity contribution in [2.45, 2.75) is 11.6 Å². The number of nitrogens with zero attached hydrogens (tertiary/aromatic N) is 3. The molecule has 5 nitrogen and oxygen atoms in total. The van der Waals surface area contributed by atoms with Crippen LogP contribution in [-0.4, -0.2) is 33.6 Å². The van der Waals surface area contributed by atoms with Gasteiger partial charge in [-0.2, -0.15) is 0 Å². The molecule has 0 bridgehead atoms. The third-order valence-electron chi connectivity index (χ3n) is 2.80. The van der Waals surface area contributed by atoms with E-state index in [2.05, 4.69) is 10.3 Å².